The molecule has 1 saturated heterocycles. The molecule has 0 spiro atoms. The molecule has 1 fully saturated rings. The second-order valence-corrected chi connectivity index (χ2v) is 8.37. The Morgan fingerprint density at radius 3 is 2.33 bits per heavy atom. The molecular formula is C16H22N2O5S. The van der Waals surface area contributed by atoms with Gasteiger partial charge in [-0.25, -0.2) is 13.1 Å². The largest absolute Gasteiger partial charge is 0.480 e. The standard InChI is InChI=1S/C16H22N2O5S/c1-11(2)8-14(16(20)21)17-24(22,23)13-9-18(10-13)15(19)12-6-4-3-5-7-12/h3-7,11,13-14,17H,8-10H2,1-2H3,(H,20,21)/t14-/m0/s1. The maximum absolute atomic E-state index is 12.3. The lowest BCUT2D eigenvalue weighted by Gasteiger charge is -2.39. The molecule has 1 aliphatic rings. The van der Waals surface area contributed by atoms with E-state index in [0.717, 1.165) is 0 Å². The van der Waals surface area contributed by atoms with E-state index >= 15 is 0 Å². The first-order valence-electron chi connectivity index (χ1n) is 7.79. The topological polar surface area (TPSA) is 104 Å². The number of carboxylic acids is 1. The number of nitrogens with zero attached hydrogens (tertiary/aromatic N) is 1. The van der Waals surface area contributed by atoms with Crippen molar-refractivity contribution in [2.45, 2.75) is 31.6 Å². The molecule has 1 aromatic carbocycles. The van der Waals surface area contributed by atoms with Crippen molar-refractivity contribution < 1.29 is 23.1 Å². The van der Waals surface area contributed by atoms with Crippen LogP contribution < -0.4 is 4.72 Å². The number of sulfonamides is 1. The molecule has 0 aliphatic carbocycles. The average Bonchev–Trinajstić information content (AvgIpc) is 2.44. The first-order valence-corrected chi connectivity index (χ1v) is 9.33. The molecule has 7 nitrogen and oxygen atoms in total. The van der Waals surface area contributed by atoms with Crippen LogP contribution in [0.1, 0.15) is 30.6 Å². The molecule has 24 heavy (non-hydrogen) atoms. The Morgan fingerprint density at radius 1 is 1.25 bits per heavy atom. The van der Waals surface area contributed by atoms with Gasteiger partial charge in [-0.3, -0.25) is 9.59 Å². The predicted molar refractivity (Wildman–Crippen MR) is 89.1 cm³/mol. The third-order valence-electron chi connectivity index (χ3n) is 3.91. The molecule has 0 saturated carbocycles. The van der Waals surface area contributed by atoms with Gasteiger partial charge in [0.25, 0.3) is 5.91 Å². The summed E-state index contributed by atoms with van der Waals surface area (Å²) >= 11 is 0. The predicted octanol–water partition coefficient (Wildman–Crippen LogP) is 0.930. The number of carbonyl (C=O) groups excluding carboxylic acids is 1. The number of nitrogens with one attached hydrogen (secondary N) is 1. The number of carbonyl (C=O) groups is 2. The second kappa shape index (κ2) is 7.31. The zero-order valence-electron chi connectivity index (χ0n) is 13.7. The van der Waals surface area contributed by atoms with Crippen molar-refractivity contribution >= 4 is 21.9 Å². The summed E-state index contributed by atoms with van der Waals surface area (Å²) in [5, 5.41) is 8.38. The summed E-state index contributed by atoms with van der Waals surface area (Å²) in [5.74, 6) is -1.37. The molecule has 1 aromatic rings. The Hall–Kier alpha value is -1.93. The van der Waals surface area contributed by atoms with Gasteiger partial charge in [-0.2, -0.15) is 0 Å². The van der Waals surface area contributed by atoms with Gasteiger partial charge in [-0.1, -0.05) is 32.0 Å². The Kier molecular flexibility index (Phi) is 5.61. The Morgan fingerprint density at radius 2 is 1.83 bits per heavy atom. The number of likely N-dealkylation sites (tertiary alicyclic amines) is 1. The number of aliphatic carboxylic acids is 1. The van der Waals surface area contributed by atoms with E-state index in [2.05, 4.69) is 4.72 Å². The van der Waals surface area contributed by atoms with E-state index in [0.29, 0.717) is 5.56 Å². The van der Waals surface area contributed by atoms with Gasteiger partial charge >= 0.3 is 5.97 Å². The van der Waals surface area contributed by atoms with Crippen LogP contribution >= 0.6 is 0 Å². The molecule has 132 valence electrons. The summed E-state index contributed by atoms with van der Waals surface area (Å²) in [7, 11) is -3.79. The van der Waals surface area contributed by atoms with Gasteiger partial charge in [-0.05, 0) is 24.5 Å². The zero-order chi connectivity index (χ0) is 17.9. The summed E-state index contributed by atoms with van der Waals surface area (Å²) in [6.07, 6.45) is 0.216. The van der Waals surface area contributed by atoms with Crippen LogP contribution in [0.5, 0.6) is 0 Å². The van der Waals surface area contributed by atoms with Crippen LogP contribution in [-0.4, -0.2) is 54.7 Å². The zero-order valence-corrected chi connectivity index (χ0v) is 14.5. The average molecular weight is 354 g/mol. The highest BCUT2D eigenvalue weighted by Gasteiger charge is 2.41. The SMILES string of the molecule is CC(C)C[C@H](NS(=O)(=O)C1CN(C(=O)c2ccccc2)C1)C(=O)O. The molecule has 0 unspecified atom stereocenters. The molecule has 1 amide bonds. The third kappa shape index (κ3) is 4.33. The van der Waals surface area contributed by atoms with Crippen LogP contribution in [0.25, 0.3) is 0 Å². The molecule has 0 bridgehead atoms. The highest BCUT2D eigenvalue weighted by atomic mass is 32.2. The minimum atomic E-state index is -3.79. The summed E-state index contributed by atoms with van der Waals surface area (Å²) in [6.45, 7) is 3.79. The number of hydrogen-bond acceptors (Lipinski definition) is 4. The van der Waals surface area contributed by atoms with Crippen molar-refractivity contribution in [1.82, 2.24) is 9.62 Å². The van der Waals surface area contributed by atoms with Gasteiger partial charge in [0.05, 0.1) is 0 Å². The van der Waals surface area contributed by atoms with Crippen molar-refractivity contribution in [1.29, 1.82) is 0 Å². The normalized spacial score (nSPS) is 16.7. The molecule has 1 aliphatic heterocycles. The molecule has 1 heterocycles. The third-order valence-corrected chi connectivity index (χ3v) is 5.70. The molecule has 2 rings (SSSR count). The molecule has 2 N–H and O–H groups in total. The van der Waals surface area contributed by atoms with E-state index in [9.17, 15) is 18.0 Å². The van der Waals surface area contributed by atoms with Crippen LogP contribution in [0.2, 0.25) is 0 Å². The lowest BCUT2D eigenvalue weighted by Crippen LogP contribution is -2.61. The lowest BCUT2D eigenvalue weighted by atomic mass is 10.1. The van der Waals surface area contributed by atoms with Crippen LogP contribution in [0.4, 0.5) is 0 Å². The van der Waals surface area contributed by atoms with Gasteiger partial charge in [-0.15, -0.1) is 0 Å². The van der Waals surface area contributed by atoms with Gasteiger partial charge in [0.15, 0.2) is 0 Å². The molecule has 0 radical (unpaired) electrons. The molecule has 8 heteroatoms. The van der Waals surface area contributed by atoms with E-state index in [1.165, 1.54) is 4.90 Å². The number of rotatable bonds is 7. The minimum Gasteiger partial charge on any atom is -0.480 e. The monoisotopic (exact) mass is 354 g/mol. The summed E-state index contributed by atoms with van der Waals surface area (Å²) in [6, 6.07) is 7.48. The fourth-order valence-electron chi connectivity index (χ4n) is 2.53. The van der Waals surface area contributed by atoms with Crippen LogP contribution in [-0.2, 0) is 14.8 Å². The van der Waals surface area contributed by atoms with E-state index in [1.807, 2.05) is 13.8 Å². The van der Waals surface area contributed by atoms with Crippen molar-refractivity contribution in [3.63, 3.8) is 0 Å². The Bertz CT molecular complexity index is 696. The number of hydrogen-bond donors (Lipinski definition) is 2. The van der Waals surface area contributed by atoms with Crippen LogP contribution in [0.15, 0.2) is 30.3 Å². The van der Waals surface area contributed by atoms with E-state index in [4.69, 9.17) is 5.11 Å². The number of carboxylic acid groups (broad SMARTS) is 1. The minimum absolute atomic E-state index is 0.0475. The Labute approximate surface area is 141 Å². The molecular weight excluding hydrogens is 332 g/mol. The van der Waals surface area contributed by atoms with Crippen molar-refractivity contribution in [3.8, 4) is 0 Å². The van der Waals surface area contributed by atoms with Gasteiger partial charge < -0.3 is 10.0 Å². The van der Waals surface area contributed by atoms with Gasteiger partial charge in [0, 0.05) is 18.7 Å². The van der Waals surface area contributed by atoms with E-state index in [-0.39, 0.29) is 31.3 Å². The summed E-state index contributed by atoms with van der Waals surface area (Å²) in [5.41, 5.74) is 0.504. The Balaban J connectivity index is 1.96. The maximum Gasteiger partial charge on any atom is 0.321 e. The van der Waals surface area contributed by atoms with E-state index < -0.39 is 27.3 Å². The number of amides is 1. The van der Waals surface area contributed by atoms with Crippen molar-refractivity contribution in [2.75, 3.05) is 13.1 Å². The van der Waals surface area contributed by atoms with E-state index in [1.54, 1.807) is 30.3 Å². The van der Waals surface area contributed by atoms with Gasteiger partial charge in [0.2, 0.25) is 10.0 Å². The summed E-state index contributed by atoms with van der Waals surface area (Å²) < 4.78 is 26.9. The highest BCUT2D eigenvalue weighted by Crippen LogP contribution is 2.19. The maximum atomic E-state index is 12.3. The quantitative estimate of drug-likeness (QED) is 0.758. The second-order valence-electron chi connectivity index (χ2n) is 6.38. The summed E-state index contributed by atoms with van der Waals surface area (Å²) in [4.78, 5) is 24.8. The van der Waals surface area contributed by atoms with Crippen molar-refractivity contribution in [3.05, 3.63) is 35.9 Å². The van der Waals surface area contributed by atoms with Crippen LogP contribution in [0, 0.1) is 5.92 Å². The number of benzene rings is 1. The highest BCUT2D eigenvalue weighted by molar-refractivity contribution is 7.90. The fraction of sp³-hybridized carbons (Fsp3) is 0.500. The first-order chi connectivity index (χ1) is 11.2. The smallest absolute Gasteiger partial charge is 0.321 e. The van der Waals surface area contributed by atoms with Crippen LogP contribution in [0.3, 0.4) is 0 Å². The lowest BCUT2D eigenvalue weighted by molar-refractivity contribution is -0.139. The first kappa shape index (κ1) is 18.4. The molecule has 1 atom stereocenters. The van der Waals surface area contributed by atoms with Crippen molar-refractivity contribution in [2.24, 2.45) is 5.92 Å². The fourth-order valence-corrected chi connectivity index (χ4v) is 4.07. The van der Waals surface area contributed by atoms with Gasteiger partial charge in [0.1, 0.15) is 11.3 Å². The molecule has 0 aromatic heterocycles.